The Morgan fingerprint density at radius 1 is 1.15 bits per heavy atom. The van der Waals surface area contributed by atoms with Gasteiger partial charge in [0.15, 0.2) is 5.16 Å². The quantitative estimate of drug-likeness (QED) is 0.556. The molecule has 0 bridgehead atoms. The molecule has 1 saturated heterocycles. The van der Waals surface area contributed by atoms with Gasteiger partial charge in [-0.05, 0) is 51.0 Å². The summed E-state index contributed by atoms with van der Waals surface area (Å²) in [5.74, 6) is 1.34. The minimum absolute atomic E-state index is 0.126. The van der Waals surface area contributed by atoms with Gasteiger partial charge in [-0.25, -0.2) is 0 Å². The molecule has 2 amide bonds. The van der Waals surface area contributed by atoms with Gasteiger partial charge in [0.2, 0.25) is 17.8 Å². The molecule has 10 heteroatoms. The molecule has 3 aromatic rings. The zero-order valence-electron chi connectivity index (χ0n) is 18.7. The van der Waals surface area contributed by atoms with E-state index in [0.29, 0.717) is 23.1 Å². The molecule has 9 nitrogen and oxygen atoms in total. The maximum absolute atomic E-state index is 13.4. The van der Waals surface area contributed by atoms with E-state index in [2.05, 4.69) is 20.4 Å². The van der Waals surface area contributed by atoms with Crippen molar-refractivity contribution >= 4 is 40.9 Å². The Morgan fingerprint density at radius 3 is 2.70 bits per heavy atom. The summed E-state index contributed by atoms with van der Waals surface area (Å²) in [5, 5.41) is 12.4. The van der Waals surface area contributed by atoms with E-state index in [4.69, 9.17) is 4.42 Å². The van der Waals surface area contributed by atoms with Gasteiger partial charge in [0.05, 0.1) is 29.9 Å². The second-order valence-corrected chi connectivity index (χ2v) is 9.63. The number of benzene rings is 1. The van der Waals surface area contributed by atoms with Crippen LogP contribution >= 0.6 is 11.8 Å². The molecule has 2 aromatic heterocycles. The van der Waals surface area contributed by atoms with E-state index in [-0.39, 0.29) is 17.6 Å². The third kappa shape index (κ3) is 3.99. The Balaban J connectivity index is 1.40. The van der Waals surface area contributed by atoms with Crippen molar-refractivity contribution in [3.05, 3.63) is 48.4 Å². The van der Waals surface area contributed by atoms with Crippen molar-refractivity contribution in [3.8, 4) is 0 Å². The third-order valence-electron chi connectivity index (χ3n) is 6.06. The SMILES string of the molecule is CC1(C)C(=O)Nc2ccccc2N1C(=O)CSc1nnc(N2CCCC2)n1Cc1ccco1. The number of nitrogens with zero attached hydrogens (tertiary/aromatic N) is 5. The van der Waals surface area contributed by atoms with Crippen LogP contribution in [-0.2, 0) is 16.1 Å². The van der Waals surface area contributed by atoms with Crippen LogP contribution in [0.15, 0.2) is 52.2 Å². The van der Waals surface area contributed by atoms with Gasteiger partial charge >= 0.3 is 0 Å². The molecule has 0 saturated carbocycles. The lowest BCUT2D eigenvalue weighted by Gasteiger charge is -2.42. The Kier molecular flexibility index (Phi) is 5.61. The summed E-state index contributed by atoms with van der Waals surface area (Å²) < 4.78 is 7.56. The van der Waals surface area contributed by atoms with Crippen LogP contribution in [0.1, 0.15) is 32.4 Å². The Morgan fingerprint density at radius 2 is 1.94 bits per heavy atom. The summed E-state index contributed by atoms with van der Waals surface area (Å²) in [6, 6.07) is 11.1. The molecule has 2 aliphatic heterocycles. The highest BCUT2D eigenvalue weighted by atomic mass is 32.2. The lowest BCUT2D eigenvalue weighted by Crippen LogP contribution is -2.59. The van der Waals surface area contributed by atoms with Crippen molar-refractivity contribution in [1.82, 2.24) is 14.8 Å². The third-order valence-corrected chi connectivity index (χ3v) is 7.01. The second kappa shape index (κ2) is 8.58. The largest absolute Gasteiger partial charge is 0.467 e. The van der Waals surface area contributed by atoms with Crippen molar-refractivity contribution in [2.24, 2.45) is 0 Å². The van der Waals surface area contributed by atoms with Crippen molar-refractivity contribution in [3.63, 3.8) is 0 Å². The van der Waals surface area contributed by atoms with Crippen molar-refractivity contribution < 1.29 is 14.0 Å². The molecule has 4 heterocycles. The molecule has 0 atom stereocenters. The van der Waals surface area contributed by atoms with Crippen molar-refractivity contribution in [2.45, 2.75) is 43.9 Å². The van der Waals surface area contributed by atoms with Gasteiger partial charge in [0.25, 0.3) is 0 Å². The monoisotopic (exact) mass is 466 g/mol. The lowest BCUT2D eigenvalue weighted by molar-refractivity contribution is -0.125. The average molecular weight is 467 g/mol. The van der Waals surface area contributed by atoms with Crippen LogP contribution in [0.5, 0.6) is 0 Å². The first-order valence-corrected chi connectivity index (χ1v) is 12.0. The molecular weight excluding hydrogens is 440 g/mol. The molecule has 1 N–H and O–H groups in total. The number of furan rings is 1. The standard InChI is InChI=1S/C23H26N6O3S/c1-23(2)20(31)24-17-9-3-4-10-18(17)29(23)19(30)15-33-22-26-25-21(27-11-5-6-12-27)28(22)14-16-8-7-13-32-16/h3-4,7-10,13H,5-6,11-12,14-15H2,1-2H3,(H,24,31). The summed E-state index contributed by atoms with van der Waals surface area (Å²) in [7, 11) is 0. The number of fused-ring (bicyclic) bond motifs is 1. The van der Waals surface area contributed by atoms with E-state index >= 15 is 0 Å². The van der Waals surface area contributed by atoms with Gasteiger partial charge in [-0.1, -0.05) is 23.9 Å². The minimum atomic E-state index is -1.01. The maximum atomic E-state index is 13.4. The smallest absolute Gasteiger partial charge is 0.250 e. The number of thioether (sulfide) groups is 1. The van der Waals surface area contributed by atoms with Gasteiger partial charge < -0.3 is 14.6 Å². The fourth-order valence-corrected chi connectivity index (χ4v) is 5.11. The number of anilines is 3. The topological polar surface area (TPSA) is 96.5 Å². The number of rotatable bonds is 6. The van der Waals surface area contributed by atoms with E-state index in [9.17, 15) is 9.59 Å². The molecule has 0 radical (unpaired) electrons. The molecule has 1 fully saturated rings. The van der Waals surface area contributed by atoms with Gasteiger partial charge in [-0.15, -0.1) is 10.2 Å². The van der Waals surface area contributed by atoms with Gasteiger partial charge in [0.1, 0.15) is 11.3 Å². The fourth-order valence-electron chi connectivity index (χ4n) is 4.32. The van der Waals surface area contributed by atoms with E-state index in [1.54, 1.807) is 31.1 Å². The Hall–Kier alpha value is -3.27. The summed E-state index contributed by atoms with van der Waals surface area (Å²) in [6.07, 6.45) is 3.90. The van der Waals surface area contributed by atoms with Crippen LogP contribution in [0, 0.1) is 0 Å². The van der Waals surface area contributed by atoms with Crippen LogP contribution < -0.4 is 15.1 Å². The van der Waals surface area contributed by atoms with Crippen LogP contribution in [0.3, 0.4) is 0 Å². The van der Waals surface area contributed by atoms with E-state index in [0.717, 1.165) is 37.6 Å². The highest BCUT2D eigenvalue weighted by Crippen LogP contribution is 2.37. The molecular formula is C23H26N6O3S. The zero-order chi connectivity index (χ0) is 23.0. The van der Waals surface area contributed by atoms with Crippen LogP contribution in [-0.4, -0.2) is 51.0 Å². The number of hydrogen-bond donors (Lipinski definition) is 1. The normalized spacial score (nSPS) is 17.2. The van der Waals surface area contributed by atoms with Gasteiger partial charge in [0, 0.05) is 13.1 Å². The summed E-state index contributed by atoms with van der Waals surface area (Å²) in [4.78, 5) is 29.9. The fraction of sp³-hybridized carbons (Fsp3) is 0.391. The van der Waals surface area contributed by atoms with E-state index in [1.165, 1.54) is 11.8 Å². The van der Waals surface area contributed by atoms with Crippen LogP contribution in [0.2, 0.25) is 0 Å². The molecule has 2 aliphatic rings. The molecule has 1 aromatic carbocycles. The second-order valence-electron chi connectivity index (χ2n) is 8.69. The van der Waals surface area contributed by atoms with E-state index < -0.39 is 5.54 Å². The van der Waals surface area contributed by atoms with Crippen LogP contribution in [0.25, 0.3) is 0 Å². The number of para-hydroxylation sites is 2. The Bertz CT molecular complexity index is 1170. The van der Waals surface area contributed by atoms with E-state index in [1.807, 2.05) is 34.9 Å². The van der Waals surface area contributed by atoms with Crippen molar-refractivity contribution in [1.29, 1.82) is 0 Å². The number of hydrogen-bond acceptors (Lipinski definition) is 7. The molecule has 0 unspecified atom stereocenters. The van der Waals surface area contributed by atoms with Gasteiger partial charge in [-0.3, -0.25) is 19.1 Å². The first-order chi connectivity index (χ1) is 15.9. The zero-order valence-corrected chi connectivity index (χ0v) is 19.5. The predicted molar refractivity (Wildman–Crippen MR) is 127 cm³/mol. The number of carbonyl (C=O) groups is 2. The van der Waals surface area contributed by atoms with Crippen molar-refractivity contribution in [2.75, 3.05) is 34.0 Å². The number of carbonyl (C=O) groups excluding carboxylic acids is 2. The first-order valence-electron chi connectivity index (χ1n) is 11.0. The summed E-state index contributed by atoms with van der Waals surface area (Å²) in [5.41, 5.74) is 0.328. The maximum Gasteiger partial charge on any atom is 0.250 e. The van der Waals surface area contributed by atoms with Crippen LogP contribution in [0.4, 0.5) is 17.3 Å². The first kappa shape index (κ1) is 21.6. The predicted octanol–water partition coefficient (Wildman–Crippen LogP) is 3.38. The Labute approximate surface area is 196 Å². The lowest BCUT2D eigenvalue weighted by atomic mass is 9.96. The highest BCUT2D eigenvalue weighted by molar-refractivity contribution is 7.99. The minimum Gasteiger partial charge on any atom is -0.467 e. The highest BCUT2D eigenvalue weighted by Gasteiger charge is 2.43. The van der Waals surface area contributed by atoms with Gasteiger partial charge in [-0.2, -0.15) is 0 Å². The molecule has 0 spiro atoms. The molecule has 33 heavy (non-hydrogen) atoms. The number of aromatic nitrogens is 3. The summed E-state index contributed by atoms with van der Waals surface area (Å²) in [6.45, 7) is 5.88. The molecule has 0 aliphatic carbocycles. The molecule has 172 valence electrons. The number of amides is 2. The molecule has 5 rings (SSSR count). The number of nitrogens with one attached hydrogen (secondary N) is 1. The summed E-state index contributed by atoms with van der Waals surface area (Å²) >= 11 is 1.33. The average Bonchev–Trinajstić information content (AvgIpc) is 3.56.